The van der Waals surface area contributed by atoms with Crippen LogP contribution in [0.4, 0.5) is 0 Å². The molecule has 1 unspecified atom stereocenters. The molecule has 1 saturated heterocycles. The Morgan fingerprint density at radius 2 is 1.71 bits per heavy atom. The zero-order valence-electron chi connectivity index (χ0n) is 20.4. The van der Waals surface area contributed by atoms with E-state index >= 15 is 0 Å². The van der Waals surface area contributed by atoms with E-state index < -0.39 is 5.92 Å². The zero-order chi connectivity index (χ0) is 24.6. The standard InChI is InChI=1S/C25H32N4O5/c1-25(2)12-17-22(18(30)13-25)21(15-10-19(31-3)23(33-5)20(11-15)32-4)16(14-26)24(27)29(17)28-6-8-34-9-7-28/h10-11,21H,6-9,12-13,27H2,1-5H3. The molecule has 3 aliphatic rings. The van der Waals surface area contributed by atoms with E-state index in [1.165, 1.54) is 21.3 Å². The number of carbonyl (C=O) groups is 1. The fourth-order valence-corrected chi connectivity index (χ4v) is 5.17. The maximum atomic E-state index is 13.7. The molecule has 4 rings (SSSR count). The fraction of sp³-hybridized carbons (Fsp3) is 0.520. The summed E-state index contributed by atoms with van der Waals surface area (Å²) >= 11 is 0. The first kappa shape index (κ1) is 23.9. The summed E-state index contributed by atoms with van der Waals surface area (Å²) in [5, 5.41) is 14.2. The summed E-state index contributed by atoms with van der Waals surface area (Å²) in [6.45, 7) is 6.53. The van der Waals surface area contributed by atoms with Crippen LogP contribution in [0, 0.1) is 16.7 Å². The molecule has 0 aromatic heterocycles. The second kappa shape index (κ2) is 9.20. The molecule has 9 nitrogen and oxygen atoms in total. The quantitative estimate of drug-likeness (QED) is 0.697. The van der Waals surface area contributed by atoms with Crippen LogP contribution in [0.2, 0.25) is 0 Å². The van der Waals surface area contributed by atoms with Gasteiger partial charge < -0.3 is 24.7 Å². The van der Waals surface area contributed by atoms with Crippen molar-refractivity contribution in [1.29, 1.82) is 5.26 Å². The van der Waals surface area contributed by atoms with Crippen molar-refractivity contribution in [1.82, 2.24) is 10.0 Å². The van der Waals surface area contributed by atoms with Crippen molar-refractivity contribution in [3.05, 3.63) is 40.4 Å². The predicted octanol–water partition coefficient (Wildman–Crippen LogP) is 2.70. The van der Waals surface area contributed by atoms with Gasteiger partial charge in [0.2, 0.25) is 5.75 Å². The molecule has 0 bridgehead atoms. The van der Waals surface area contributed by atoms with E-state index in [-0.39, 0.29) is 11.2 Å². The number of nitrogens with two attached hydrogens (primary N) is 1. The molecule has 1 aromatic rings. The minimum atomic E-state index is -0.630. The van der Waals surface area contributed by atoms with Crippen molar-refractivity contribution < 1.29 is 23.7 Å². The molecule has 0 saturated carbocycles. The minimum Gasteiger partial charge on any atom is -0.493 e. The maximum absolute atomic E-state index is 13.7. The van der Waals surface area contributed by atoms with Gasteiger partial charge in [-0.1, -0.05) is 13.8 Å². The molecule has 1 atom stereocenters. The third-order valence-corrected chi connectivity index (χ3v) is 6.64. The maximum Gasteiger partial charge on any atom is 0.203 e. The van der Waals surface area contributed by atoms with Crippen LogP contribution in [0.3, 0.4) is 0 Å². The van der Waals surface area contributed by atoms with E-state index in [2.05, 4.69) is 24.9 Å². The second-order valence-electron chi connectivity index (χ2n) is 9.48. The Hall–Kier alpha value is -3.22. The summed E-state index contributed by atoms with van der Waals surface area (Å²) in [7, 11) is 4.61. The monoisotopic (exact) mass is 468 g/mol. The van der Waals surface area contributed by atoms with Gasteiger partial charge >= 0.3 is 0 Å². The van der Waals surface area contributed by atoms with Crippen LogP contribution >= 0.6 is 0 Å². The first-order valence-corrected chi connectivity index (χ1v) is 11.3. The lowest BCUT2D eigenvalue weighted by Gasteiger charge is -2.48. The van der Waals surface area contributed by atoms with Crippen molar-refractivity contribution in [2.45, 2.75) is 32.6 Å². The lowest BCUT2D eigenvalue weighted by molar-refractivity contribution is -0.119. The molecular formula is C25H32N4O5. The number of hydrogen-bond acceptors (Lipinski definition) is 9. The Bertz CT molecular complexity index is 1070. The highest BCUT2D eigenvalue weighted by atomic mass is 16.5. The molecule has 0 radical (unpaired) electrons. The summed E-state index contributed by atoms with van der Waals surface area (Å²) < 4.78 is 22.1. The number of nitriles is 1. The third kappa shape index (κ3) is 3.97. The Balaban J connectivity index is 1.96. The number of ketones is 1. The van der Waals surface area contributed by atoms with Crippen LogP contribution in [0.15, 0.2) is 34.8 Å². The van der Waals surface area contributed by atoms with Gasteiger partial charge in [0, 0.05) is 30.8 Å². The topological polar surface area (TPSA) is 110 Å². The van der Waals surface area contributed by atoms with Gasteiger partial charge in [0.25, 0.3) is 0 Å². The largest absolute Gasteiger partial charge is 0.493 e. The van der Waals surface area contributed by atoms with Gasteiger partial charge in [-0.05, 0) is 29.5 Å². The van der Waals surface area contributed by atoms with Crippen molar-refractivity contribution in [2.75, 3.05) is 47.6 Å². The van der Waals surface area contributed by atoms with Crippen LogP contribution in [-0.2, 0) is 9.53 Å². The van der Waals surface area contributed by atoms with Crippen LogP contribution in [-0.4, -0.2) is 63.4 Å². The summed E-state index contributed by atoms with van der Waals surface area (Å²) in [4.78, 5) is 13.7. The van der Waals surface area contributed by atoms with Gasteiger partial charge in [0.1, 0.15) is 5.82 Å². The summed E-state index contributed by atoms with van der Waals surface area (Å²) in [6, 6.07) is 5.89. The van der Waals surface area contributed by atoms with E-state index in [1.54, 1.807) is 12.1 Å². The Morgan fingerprint density at radius 1 is 1.09 bits per heavy atom. The number of benzene rings is 1. The normalized spacial score (nSPS) is 22.9. The summed E-state index contributed by atoms with van der Waals surface area (Å²) in [5.41, 5.74) is 8.93. The lowest BCUT2D eigenvalue weighted by atomic mass is 9.69. The molecule has 0 amide bonds. The van der Waals surface area contributed by atoms with Crippen molar-refractivity contribution in [3.63, 3.8) is 0 Å². The first-order valence-electron chi connectivity index (χ1n) is 11.3. The van der Waals surface area contributed by atoms with Gasteiger partial charge in [-0.15, -0.1) is 0 Å². The van der Waals surface area contributed by atoms with E-state index in [1.807, 2.05) is 5.01 Å². The number of allylic oxidation sites excluding steroid dienone is 3. The first-order chi connectivity index (χ1) is 16.3. The molecule has 182 valence electrons. The molecule has 1 aliphatic carbocycles. The van der Waals surface area contributed by atoms with E-state index in [9.17, 15) is 10.1 Å². The van der Waals surface area contributed by atoms with Crippen LogP contribution in [0.25, 0.3) is 0 Å². The van der Waals surface area contributed by atoms with Crippen LogP contribution < -0.4 is 19.9 Å². The molecule has 2 aliphatic heterocycles. The van der Waals surface area contributed by atoms with E-state index in [4.69, 9.17) is 24.7 Å². The van der Waals surface area contributed by atoms with Crippen molar-refractivity contribution in [2.24, 2.45) is 11.1 Å². The third-order valence-electron chi connectivity index (χ3n) is 6.64. The number of ether oxygens (including phenoxy) is 4. The molecule has 1 aromatic carbocycles. The van der Waals surface area contributed by atoms with Gasteiger partial charge in [-0.3, -0.25) is 9.80 Å². The fourth-order valence-electron chi connectivity index (χ4n) is 5.17. The highest BCUT2D eigenvalue weighted by molar-refractivity contribution is 6.00. The van der Waals surface area contributed by atoms with Gasteiger partial charge in [-0.2, -0.15) is 5.26 Å². The van der Waals surface area contributed by atoms with Gasteiger partial charge in [0.05, 0.1) is 52.1 Å². The molecule has 1 fully saturated rings. The number of carbonyl (C=O) groups excluding carboxylic acids is 1. The Kier molecular flexibility index (Phi) is 6.47. The van der Waals surface area contributed by atoms with E-state index in [0.717, 1.165) is 5.70 Å². The van der Waals surface area contributed by atoms with Crippen molar-refractivity contribution in [3.8, 4) is 23.3 Å². The smallest absolute Gasteiger partial charge is 0.203 e. The molecule has 0 spiro atoms. The van der Waals surface area contributed by atoms with Crippen LogP contribution in [0.1, 0.15) is 38.2 Å². The number of methoxy groups -OCH3 is 3. The van der Waals surface area contributed by atoms with Gasteiger partial charge in [-0.25, -0.2) is 5.01 Å². The summed E-state index contributed by atoms with van der Waals surface area (Å²) in [6.07, 6.45) is 1.05. The Labute approximate surface area is 200 Å². The number of hydrazine groups is 1. The Morgan fingerprint density at radius 3 is 2.24 bits per heavy atom. The number of morpholine rings is 1. The van der Waals surface area contributed by atoms with Crippen molar-refractivity contribution >= 4 is 5.78 Å². The number of nitrogens with zero attached hydrogens (tertiary/aromatic N) is 3. The predicted molar refractivity (Wildman–Crippen MR) is 125 cm³/mol. The van der Waals surface area contributed by atoms with E-state index in [0.29, 0.717) is 78.9 Å². The molecular weight excluding hydrogens is 436 g/mol. The molecule has 2 heterocycles. The van der Waals surface area contributed by atoms with Gasteiger partial charge in [0.15, 0.2) is 17.3 Å². The lowest BCUT2D eigenvalue weighted by Crippen LogP contribution is -2.53. The average Bonchev–Trinajstić information content (AvgIpc) is 2.82. The average molecular weight is 469 g/mol. The summed E-state index contributed by atoms with van der Waals surface area (Å²) in [5.74, 6) is 1.08. The second-order valence-corrected chi connectivity index (χ2v) is 9.48. The minimum absolute atomic E-state index is 0.0171. The van der Waals surface area contributed by atoms with Crippen LogP contribution in [0.5, 0.6) is 17.2 Å². The number of rotatable bonds is 5. The number of hydrogen-bond donors (Lipinski definition) is 1. The SMILES string of the molecule is COc1cc(C2C(C#N)=C(N)N(N3CCOCC3)C3=C2C(=O)CC(C)(C)C3)cc(OC)c1OC. The molecule has 34 heavy (non-hydrogen) atoms. The molecule has 9 heteroatoms. The molecule has 2 N–H and O–H groups in total. The highest BCUT2D eigenvalue weighted by Gasteiger charge is 2.46. The zero-order valence-corrected chi connectivity index (χ0v) is 20.4. The number of Topliss-reactive ketones (excluding diaryl/α,β-unsaturated/α-hetero) is 1. The highest BCUT2D eigenvalue weighted by Crippen LogP contribution is 2.51.